The molecular formula is C30H34N2O5S. The third-order valence-corrected chi connectivity index (χ3v) is 9.95. The summed E-state index contributed by atoms with van der Waals surface area (Å²) in [6.45, 7) is 0.255. The first-order chi connectivity index (χ1) is 18.4. The number of hydrogen-bond donors (Lipinski definition) is 2. The van der Waals surface area contributed by atoms with Crippen LogP contribution in [0.3, 0.4) is 0 Å². The SMILES string of the molecule is COc1ccc(C2(C(=O)Nc3cccc(-c4ccc(S(=O)(=O)N5CCC[C@@H]5CO)cc4)c3)CCCC2)cc1. The van der Waals surface area contributed by atoms with Gasteiger partial charge in [-0.3, -0.25) is 4.79 Å². The molecule has 0 spiro atoms. The lowest BCUT2D eigenvalue weighted by Gasteiger charge is -2.28. The molecule has 1 amide bonds. The molecule has 3 aromatic rings. The van der Waals surface area contributed by atoms with E-state index in [0.717, 1.165) is 54.5 Å². The van der Waals surface area contributed by atoms with Gasteiger partial charge < -0.3 is 15.2 Å². The van der Waals surface area contributed by atoms with Crippen molar-refractivity contribution in [1.29, 1.82) is 0 Å². The first kappa shape index (κ1) is 26.4. The normalized spacial score (nSPS) is 19.4. The van der Waals surface area contributed by atoms with Crippen LogP contribution in [-0.4, -0.2) is 50.0 Å². The Hall–Kier alpha value is -3.20. The molecule has 1 heterocycles. The number of carbonyl (C=O) groups is 1. The number of nitrogens with zero attached hydrogens (tertiary/aromatic N) is 1. The zero-order valence-corrected chi connectivity index (χ0v) is 22.4. The summed E-state index contributed by atoms with van der Waals surface area (Å²) < 4.78 is 32.9. The highest BCUT2D eigenvalue weighted by atomic mass is 32.2. The van der Waals surface area contributed by atoms with Crippen LogP contribution in [0.2, 0.25) is 0 Å². The maximum atomic E-state index is 13.6. The maximum Gasteiger partial charge on any atom is 0.243 e. The van der Waals surface area contributed by atoms with Crippen LogP contribution < -0.4 is 10.1 Å². The molecule has 7 nitrogen and oxygen atoms in total. The van der Waals surface area contributed by atoms with Crippen molar-refractivity contribution in [2.75, 3.05) is 25.6 Å². The largest absolute Gasteiger partial charge is 0.497 e. The lowest BCUT2D eigenvalue weighted by atomic mass is 9.78. The molecule has 5 rings (SSSR count). The number of aliphatic hydroxyl groups is 1. The predicted octanol–water partition coefficient (Wildman–Crippen LogP) is 4.96. The van der Waals surface area contributed by atoms with Gasteiger partial charge in [0.1, 0.15) is 5.75 Å². The van der Waals surface area contributed by atoms with Crippen molar-refractivity contribution in [3.8, 4) is 16.9 Å². The quantitative estimate of drug-likeness (QED) is 0.426. The smallest absolute Gasteiger partial charge is 0.243 e. The van der Waals surface area contributed by atoms with Crippen LogP contribution in [0.1, 0.15) is 44.1 Å². The van der Waals surface area contributed by atoms with Gasteiger partial charge >= 0.3 is 0 Å². The highest BCUT2D eigenvalue weighted by Crippen LogP contribution is 2.42. The summed E-state index contributed by atoms with van der Waals surface area (Å²) in [5, 5.41) is 12.7. The minimum absolute atomic E-state index is 0.0113. The second-order valence-electron chi connectivity index (χ2n) is 10.2. The number of anilines is 1. The second kappa shape index (κ2) is 10.9. The zero-order valence-electron chi connectivity index (χ0n) is 21.6. The highest BCUT2D eigenvalue weighted by molar-refractivity contribution is 7.89. The molecule has 0 radical (unpaired) electrons. The topological polar surface area (TPSA) is 95.9 Å². The third-order valence-electron chi connectivity index (χ3n) is 7.98. The number of ether oxygens (including phenoxy) is 1. The van der Waals surface area contributed by atoms with Gasteiger partial charge in [-0.05, 0) is 78.8 Å². The maximum absolute atomic E-state index is 13.6. The minimum atomic E-state index is -3.66. The molecule has 1 aliphatic carbocycles. The molecule has 2 aliphatic rings. The van der Waals surface area contributed by atoms with Gasteiger partial charge in [-0.15, -0.1) is 0 Å². The van der Waals surface area contributed by atoms with E-state index in [0.29, 0.717) is 18.7 Å². The summed E-state index contributed by atoms with van der Waals surface area (Å²) >= 11 is 0. The van der Waals surface area contributed by atoms with E-state index in [9.17, 15) is 18.3 Å². The van der Waals surface area contributed by atoms with Crippen molar-refractivity contribution in [2.24, 2.45) is 0 Å². The van der Waals surface area contributed by atoms with Crippen LogP contribution in [0.25, 0.3) is 11.1 Å². The Balaban J connectivity index is 1.35. The van der Waals surface area contributed by atoms with Crippen molar-refractivity contribution in [3.63, 3.8) is 0 Å². The molecule has 8 heteroatoms. The van der Waals surface area contributed by atoms with Crippen molar-refractivity contribution >= 4 is 21.6 Å². The number of nitrogens with one attached hydrogen (secondary N) is 1. The van der Waals surface area contributed by atoms with Gasteiger partial charge in [-0.2, -0.15) is 4.31 Å². The van der Waals surface area contributed by atoms with Crippen molar-refractivity contribution in [1.82, 2.24) is 4.31 Å². The molecule has 1 atom stereocenters. The molecule has 3 aromatic carbocycles. The summed E-state index contributed by atoms with van der Waals surface area (Å²) in [7, 11) is -2.03. The van der Waals surface area contributed by atoms with Crippen molar-refractivity contribution < 1.29 is 23.1 Å². The molecular weight excluding hydrogens is 500 g/mol. The number of amides is 1. The fourth-order valence-corrected chi connectivity index (χ4v) is 7.51. The number of rotatable bonds is 8. The minimum Gasteiger partial charge on any atom is -0.497 e. The van der Waals surface area contributed by atoms with Crippen LogP contribution in [0.4, 0.5) is 5.69 Å². The standard InChI is InChI=1S/C30H34N2O5S/c1-37-27-13-11-24(12-14-27)30(17-2-3-18-30)29(34)31-25-7-4-6-23(20-25)22-9-15-28(16-10-22)38(35,36)32-19-5-8-26(32)21-33/h4,6-7,9-16,20,26,33H,2-3,5,8,17-19,21H2,1H3,(H,31,34)/t26-/m1/s1. The number of aliphatic hydroxyl groups excluding tert-OH is 1. The van der Waals surface area contributed by atoms with Gasteiger partial charge in [0.25, 0.3) is 0 Å². The van der Waals surface area contributed by atoms with Crippen LogP contribution in [-0.2, 0) is 20.2 Å². The van der Waals surface area contributed by atoms with Gasteiger partial charge in [-0.25, -0.2) is 8.42 Å². The monoisotopic (exact) mass is 534 g/mol. The predicted molar refractivity (Wildman–Crippen MR) is 148 cm³/mol. The van der Waals surface area contributed by atoms with Gasteiger partial charge in [0.2, 0.25) is 15.9 Å². The summed E-state index contributed by atoms with van der Waals surface area (Å²) in [5.74, 6) is 0.755. The van der Waals surface area contributed by atoms with E-state index in [4.69, 9.17) is 4.74 Å². The highest BCUT2D eigenvalue weighted by Gasteiger charge is 2.42. The third kappa shape index (κ3) is 4.96. The molecule has 1 aliphatic heterocycles. The number of hydrogen-bond acceptors (Lipinski definition) is 5. The lowest BCUT2D eigenvalue weighted by molar-refractivity contribution is -0.121. The van der Waals surface area contributed by atoms with Gasteiger partial charge in [-0.1, -0.05) is 49.2 Å². The summed E-state index contributed by atoms with van der Waals surface area (Å²) in [6, 6.07) is 21.8. The van der Waals surface area contributed by atoms with Crippen LogP contribution in [0, 0.1) is 0 Å². The molecule has 1 saturated carbocycles. The van der Waals surface area contributed by atoms with E-state index in [1.165, 1.54) is 4.31 Å². The molecule has 1 saturated heterocycles. The van der Waals surface area contributed by atoms with Gasteiger partial charge in [0.15, 0.2) is 0 Å². The summed E-state index contributed by atoms with van der Waals surface area (Å²) in [6.07, 6.45) is 5.03. The first-order valence-corrected chi connectivity index (χ1v) is 14.6. The van der Waals surface area contributed by atoms with Crippen LogP contribution in [0.15, 0.2) is 77.7 Å². The fourth-order valence-electron chi connectivity index (χ4n) is 5.83. The van der Waals surface area contributed by atoms with Crippen LogP contribution in [0.5, 0.6) is 5.75 Å². The zero-order chi connectivity index (χ0) is 26.8. The molecule has 2 N–H and O–H groups in total. The Kier molecular flexibility index (Phi) is 7.56. The molecule has 38 heavy (non-hydrogen) atoms. The number of benzene rings is 3. The average molecular weight is 535 g/mol. The van der Waals surface area contributed by atoms with Crippen LogP contribution >= 0.6 is 0 Å². The Labute approximate surface area is 224 Å². The first-order valence-electron chi connectivity index (χ1n) is 13.2. The summed E-state index contributed by atoms with van der Waals surface area (Å²) in [5.41, 5.74) is 2.87. The van der Waals surface area contributed by atoms with E-state index in [1.54, 1.807) is 31.4 Å². The summed E-state index contributed by atoms with van der Waals surface area (Å²) in [4.78, 5) is 13.9. The molecule has 200 valence electrons. The Morgan fingerprint density at radius 2 is 1.71 bits per heavy atom. The van der Waals surface area contributed by atoms with E-state index in [2.05, 4.69) is 5.32 Å². The van der Waals surface area contributed by atoms with E-state index >= 15 is 0 Å². The van der Waals surface area contributed by atoms with E-state index < -0.39 is 15.4 Å². The molecule has 0 bridgehead atoms. The van der Waals surface area contributed by atoms with E-state index in [-0.39, 0.29) is 23.5 Å². The average Bonchev–Trinajstić information content (AvgIpc) is 3.65. The van der Waals surface area contributed by atoms with Crippen molar-refractivity contribution in [2.45, 2.75) is 54.9 Å². The fraction of sp³-hybridized carbons (Fsp3) is 0.367. The Morgan fingerprint density at radius 1 is 1.00 bits per heavy atom. The van der Waals surface area contributed by atoms with Gasteiger partial charge in [0.05, 0.1) is 24.0 Å². The number of methoxy groups -OCH3 is 1. The van der Waals surface area contributed by atoms with Crippen molar-refractivity contribution in [3.05, 3.63) is 78.4 Å². The second-order valence-corrected chi connectivity index (χ2v) is 12.1. The molecule has 0 aromatic heterocycles. The Morgan fingerprint density at radius 3 is 2.37 bits per heavy atom. The van der Waals surface area contributed by atoms with Gasteiger partial charge in [0, 0.05) is 18.3 Å². The van der Waals surface area contributed by atoms with E-state index in [1.807, 2.05) is 48.5 Å². The number of carbonyl (C=O) groups excluding carboxylic acids is 1. The molecule has 2 fully saturated rings. The lowest BCUT2D eigenvalue weighted by Crippen LogP contribution is -2.38. The number of sulfonamides is 1. The Bertz CT molecular complexity index is 1380. The molecule has 0 unspecified atom stereocenters.